The van der Waals surface area contributed by atoms with E-state index in [-0.39, 0.29) is 23.0 Å². The predicted molar refractivity (Wildman–Crippen MR) is 84.4 cm³/mol. The minimum absolute atomic E-state index is 0.00327. The first-order valence-corrected chi connectivity index (χ1v) is 8.33. The van der Waals surface area contributed by atoms with Crippen LogP contribution in [0, 0.1) is 17.3 Å². The lowest BCUT2D eigenvalue weighted by atomic mass is 9.76. The van der Waals surface area contributed by atoms with Crippen LogP contribution in [0.25, 0.3) is 0 Å². The van der Waals surface area contributed by atoms with Crippen molar-refractivity contribution in [2.45, 2.75) is 65.7 Å². The molecule has 1 rings (SSSR count). The topological polar surface area (TPSA) is 83.5 Å². The van der Waals surface area contributed by atoms with Crippen LogP contribution in [0.15, 0.2) is 0 Å². The van der Waals surface area contributed by atoms with Gasteiger partial charge in [-0.05, 0) is 25.7 Å². The van der Waals surface area contributed by atoms with Gasteiger partial charge >= 0.3 is 5.97 Å². The highest BCUT2D eigenvalue weighted by molar-refractivity contribution is 5.86. The Morgan fingerprint density at radius 2 is 1.73 bits per heavy atom. The van der Waals surface area contributed by atoms with E-state index in [9.17, 15) is 19.5 Å². The van der Waals surface area contributed by atoms with Gasteiger partial charge in [-0.25, -0.2) is 0 Å². The van der Waals surface area contributed by atoms with Gasteiger partial charge in [0.05, 0.1) is 5.92 Å². The number of carbonyl (C=O) groups excluding carboxylic acids is 2. The summed E-state index contributed by atoms with van der Waals surface area (Å²) in [7, 11) is 0. The largest absolute Gasteiger partial charge is 0.481 e. The molecule has 0 aromatic carbocycles. The minimum atomic E-state index is -0.851. The molecule has 0 radical (unpaired) electrons. The molecule has 2 unspecified atom stereocenters. The molecule has 5 heteroatoms. The van der Waals surface area contributed by atoms with E-state index in [4.69, 9.17) is 0 Å². The lowest BCUT2D eigenvalue weighted by Gasteiger charge is -2.27. The molecule has 0 aromatic heterocycles. The van der Waals surface area contributed by atoms with Crippen LogP contribution < -0.4 is 5.32 Å². The standard InChI is InChI=1S/C17H29NO4/c1-4-17(2,3)16(22)18-11-7-10-14(19)12-8-5-6-9-13(12)15(20)21/h12-13H,4-11H2,1-3H3,(H,18,22)(H,20,21). The second-order valence-corrected chi connectivity index (χ2v) is 6.90. The SMILES string of the molecule is CCC(C)(C)C(=O)NCCCC(=O)C1CCCCC1C(=O)O. The second-order valence-electron chi connectivity index (χ2n) is 6.90. The van der Waals surface area contributed by atoms with Gasteiger partial charge < -0.3 is 10.4 Å². The predicted octanol–water partition coefficient (Wildman–Crippen LogP) is 2.78. The Morgan fingerprint density at radius 1 is 1.14 bits per heavy atom. The van der Waals surface area contributed by atoms with Crippen LogP contribution in [-0.4, -0.2) is 29.3 Å². The summed E-state index contributed by atoms with van der Waals surface area (Å²) in [6.45, 7) is 6.23. The van der Waals surface area contributed by atoms with Crippen LogP contribution in [0.5, 0.6) is 0 Å². The van der Waals surface area contributed by atoms with E-state index >= 15 is 0 Å². The van der Waals surface area contributed by atoms with Crippen LogP contribution in [0.3, 0.4) is 0 Å². The fourth-order valence-electron chi connectivity index (χ4n) is 2.86. The molecule has 0 bridgehead atoms. The van der Waals surface area contributed by atoms with E-state index in [1.807, 2.05) is 20.8 Å². The number of ketones is 1. The van der Waals surface area contributed by atoms with Crippen LogP contribution in [-0.2, 0) is 14.4 Å². The average Bonchev–Trinajstić information content (AvgIpc) is 2.50. The molecule has 0 aliphatic heterocycles. The Hall–Kier alpha value is -1.39. The fraction of sp³-hybridized carbons (Fsp3) is 0.824. The van der Waals surface area contributed by atoms with Crippen molar-refractivity contribution in [3.8, 4) is 0 Å². The zero-order valence-electron chi connectivity index (χ0n) is 14.0. The molecule has 0 saturated heterocycles. The highest BCUT2D eigenvalue weighted by atomic mass is 16.4. The van der Waals surface area contributed by atoms with Crippen LogP contribution in [0.4, 0.5) is 0 Å². The number of nitrogens with one attached hydrogen (secondary N) is 1. The van der Waals surface area contributed by atoms with Crippen molar-refractivity contribution in [2.75, 3.05) is 6.54 Å². The first-order chi connectivity index (χ1) is 10.3. The summed E-state index contributed by atoms with van der Waals surface area (Å²) in [5.74, 6) is -1.67. The average molecular weight is 311 g/mol. The van der Waals surface area contributed by atoms with Crippen molar-refractivity contribution in [1.29, 1.82) is 0 Å². The monoisotopic (exact) mass is 311 g/mol. The molecule has 126 valence electrons. The molecule has 2 atom stereocenters. The first-order valence-electron chi connectivity index (χ1n) is 8.33. The van der Waals surface area contributed by atoms with Crippen molar-refractivity contribution >= 4 is 17.7 Å². The van der Waals surface area contributed by atoms with Gasteiger partial charge in [-0.2, -0.15) is 0 Å². The molecule has 0 heterocycles. The lowest BCUT2D eigenvalue weighted by molar-refractivity contribution is -0.148. The Balaban J connectivity index is 2.36. The third-order valence-electron chi connectivity index (χ3n) is 4.88. The van der Waals surface area contributed by atoms with Gasteiger partial charge in [0.25, 0.3) is 0 Å². The maximum atomic E-state index is 12.2. The molecule has 22 heavy (non-hydrogen) atoms. The number of amides is 1. The number of carboxylic acids is 1. The number of Topliss-reactive ketones (excluding diaryl/α,β-unsaturated/α-hetero) is 1. The van der Waals surface area contributed by atoms with Crippen LogP contribution >= 0.6 is 0 Å². The summed E-state index contributed by atoms with van der Waals surface area (Å²) in [5.41, 5.74) is -0.387. The minimum Gasteiger partial charge on any atom is -0.481 e. The molecule has 1 aliphatic carbocycles. The van der Waals surface area contributed by atoms with Gasteiger partial charge in [0.15, 0.2) is 0 Å². The van der Waals surface area contributed by atoms with Gasteiger partial charge in [-0.15, -0.1) is 0 Å². The Kier molecular flexibility index (Phi) is 7.04. The molecular weight excluding hydrogens is 282 g/mol. The third-order valence-corrected chi connectivity index (χ3v) is 4.88. The van der Waals surface area contributed by atoms with E-state index in [1.54, 1.807) is 0 Å². The fourth-order valence-corrected chi connectivity index (χ4v) is 2.86. The second kappa shape index (κ2) is 8.30. The first kappa shape index (κ1) is 18.7. The Labute approximate surface area is 132 Å². The number of aliphatic carboxylic acids is 1. The molecule has 1 aliphatic rings. The van der Waals surface area contributed by atoms with Crippen LogP contribution in [0.2, 0.25) is 0 Å². The van der Waals surface area contributed by atoms with E-state index < -0.39 is 11.9 Å². The quantitative estimate of drug-likeness (QED) is 0.675. The van der Waals surface area contributed by atoms with Gasteiger partial charge in [0.2, 0.25) is 5.91 Å². The molecule has 1 amide bonds. The number of hydrogen-bond acceptors (Lipinski definition) is 3. The number of hydrogen-bond donors (Lipinski definition) is 2. The summed E-state index contributed by atoms with van der Waals surface area (Å²) in [4.78, 5) is 35.4. The molecule has 1 fully saturated rings. The van der Waals surface area contributed by atoms with Crippen LogP contribution in [0.1, 0.15) is 65.7 Å². The van der Waals surface area contributed by atoms with Crippen molar-refractivity contribution < 1.29 is 19.5 Å². The Morgan fingerprint density at radius 3 is 2.27 bits per heavy atom. The molecule has 0 spiro atoms. The summed E-state index contributed by atoms with van der Waals surface area (Å²) in [6.07, 6.45) is 4.80. The number of carboxylic acid groups (broad SMARTS) is 1. The van der Waals surface area contributed by atoms with Gasteiger partial charge in [0.1, 0.15) is 5.78 Å². The van der Waals surface area contributed by atoms with E-state index in [0.29, 0.717) is 32.2 Å². The van der Waals surface area contributed by atoms with Crippen molar-refractivity contribution in [2.24, 2.45) is 17.3 Å². The molecule has 2 N–H and O–H groups in total. The lowest BCUT2D eigenvalue weighted by Crippen LogP contribution is -2.37. The number of rotatable bonds is 8. The summed E-state index contributed by atoms with van der Waals surface area (Å²) < 4.78 is 0. The zero-order chi connectivity index (χ0) is 16.8. The normalized spacial score (nSPS) is 22.1. The van der Waals surface area contributed by atoms with E-state index in [0.717, 1.165) is 19.3 Å². The number of carbonyl (C=O) groups is 3. The summed E-state index contributed by atoms with van der Waals surface area (Å²) in [6, 6.07) is 0. The molecular formula is C17H29NO4. The van der Waals surface area contributed by atoms with Crippen molar-refractivity contribution in [3.63, 3.8) is 0 Å². The maximum Gasteiger partial charge on any atom is 0.307 e. The van der Waals surface area contributed by atoms with Crippen molar-refractivity contribution in [1.82, 2.24) is 5.32 Å². The zero-order valence-corrected chi connectivity index (χ0v) is 14.0. The molecule has 5 nitrogen and oxygen atoms in total. The summed E-state index contributed by atoms with van der Waals surface area (Å²) >= 11 is 0. The van der Waals surface area contributed by atoms with Gasteiger partial charge in [-0.1, -0.05) is 33.6 Å². The highest BCUT2D eigenvalue weighted by Crippen LogP contribution is 2.31. The van der Waals surface area contributed by atoms with E-state index in [1.165, 1.54) is 0 Å². The maximum absolute atomic E-state index is 12.2. The summed E-state index contributed by atoms with van der Waals surface area (Å²) in [5, 5.41) is 12.1. The molecule has 0 aromatic rings. The van der Waals surface area contributed by atoms with Gasteiger partial charge in [-0.3, -0.25) is 14.4 Å². The van der Waals surface area contributed by atoms with E-state index in [2.05, 4.69) is 5.32 Å². The highest BCUT2D eigenvalue weighted by Gasteiger charge is 2.35. The smallest absolute Gasteiger partial charge is 0.307 e. The van der Waals surface area contributed by atoms with Crippen molar-refractivity contribution in [3.05, 3.63) is 0 Å². The Bertz CT molecular complexity index is 417. The molecule has 1 saturated carbocycles. The van der Waals surface area contributed by atoms with Gasteiger partial charge in [0, 0.05) is 24.3 Å². The third kappa shape index (κ3) is 5.11.